The van der Waals surface area contributed by atoms with Crippen molar-refractivity contribution in [1.82, 2.24) is 15.1 Å². The first kappa shape index (κ1) is 18.3. The van der Waals surface area contributed by atoms with E-state index in [2.05, 4.69) is 41.5 Å². The molecule has 2 rings (SSSR count). The van der Waals surface area contributed by atoms with Gasteiger partial charge in [-0.2, -0.15) is 0 Å². The summed E-state index contributed by atoms with van der Waals surface area (Å²) in [6, 6.07) is 8.64. The van der Waals surface area contributed by atoms with Crippen LogP contribution >= 0.6 is 0 Å². The van der Waals surface area contributed by atoms with Gasteiger partial charge in [0.05, 0.1) is 6.54 Å². The molecule has 0 bridgehead atoms. The molecule has 5 nitrogen and oxygen atoms in total. The van der Waals surface area contributed by atoms with E-state index < -0.39 is 0 Å². The van der Waals surface area contributed by atoms with Crippen LogP contribution in [0, 0.1) is 0 Å². The number of likely N-dealkylation sites (tertiary alicyclic amines) is 1. The average Bonchev–Trinajstić information content (AvgIpc) is 2.63. The predicted molar refractivity (Wildman–Crippen MR) is 99.1 cm³/mol. The third kappa shape index (κ3) is 5.25. The van der Waals surface area contributed by atoms with Crippen LogP contribution in [0.3, 0.4) is 0 Å². The molecule has 0 aromatic heterocycles. The maximum Gasteiger partial charge on any atom is 0.241 e. The smallest absolute Gasteiger partial charge is 0.241 e. The zero-order valence-corrected chi connectivity index (χ0v) is 15.2. The maximum atomic E-state index is 12.3. The van der Waals surface area contributed by atoms with Gasteiger partial charge in [-0.25, -0.2) is 0 Å². The Kier molecular flexibility index (Phi) is 7.09. The van der Waals surface area contributed by atoms with Crippen molar-refractivity contribution >= 4 is 11.9 Å². The number of piperidine rings is 1. The SMILES string of the molecule is CCc1ccc(CN(C)C(=NC)NCC(=O)N2CCCCC2)cc1. The molecule has 0 aliphatic carbocycles. The van der Waals surface area contributed by atoms with E-state index in [1.54, 1.807) is 7.05 Å². The van der Waals surface area contributed by atoms with Gasteiger partial charge in [0.1, 0.15) is 0 Å². The van der Waals surface area contributed by atoms with Gasteiger partial charge < -0.3 is 15.1 Å². The minimum absolute atomic E-state index is 0.163. The standard InChI is InChI=1S/C19H30N4O/c1-4-16-8-10-17(11-9-16)15-22(3)19(20-2)21-14-18(24)23-12-6-5-7-13-23/h8-11H,4-7,12-15H2,1-3H3,(H,20,21). The number of aryl methyl sites for hydroxylation is 1. The van der Waals surface area contributed by atoms with Crippen molar-refractivity contribution < 1.29 is 4.79 Å². The molecule has 24 heavy (non-hydrogen) atoms. The third-order valence-corrected chi connectivity index (χ3v) is 4.53. The summed E-state index contributed by atoms with van der Waals surface area (Å²) in [5.74, 6) is 0.913. The van der Waals surface area contributed by atoms with E-state index >= 15 is 0 Å². The minimum atomic E-state index is 0.163. The first-order valence-corrected chi connectivity index (χ1v) is 8.91. The van der Waals surface area contributed by atoms with E-state index in [0.29, 0.717) is 6.54 Å². The number of amides is 1. The number of guanidine groups is 1. The Bertz CT molecular complexity index is 547. The van der Waals surface area contributed by atoms with Gasteiger partial charge in [0.2, 0.25) is 5.91 Å². The lowest BCUT2D eigenvalue weighted by atomic mass is 10.1. The highest BCUT2D eigenvalue weighted by atomic mass is 16.2. The van der Waals surface area contributed by atoms with Crippen molar-refractivity contribution in [2.24, 2.45) is 4.99 Å². The zero-order chi connectivity index (χ0) is 17.4. The second-order valence-corrected chi connectivity index (χ2v) is 6.37. The number of hydrogen-bond donors (Lipinski definition) is 1. The molecular formula is C19H30N4O. The second-order valence-electron chi connectivity index (χ2n) is 6.37. The summed E-state index contributed by atoms with van der Waals surface area (Å²) < 4.78 is 0. The fourth-order valence-electron chi connectivity index (χ4n) is 3.02. The van der Waals surface area contributed by atoms with Gasteiger partial charge in [-0.1, -0.05) is 31.2 Å². The molecule has 0 atom stereocenters. The van der Waals surface area contributed by atoms with Crippen molar-refractivity contribution in [3.05, 3.63) is 35.4 Å². The summed E-state index contributed by atoms with van der Waals surface area (Å²) >= 11 is 0. The van der Waals surface area contributed by atoms with Crippen molar-refractivity contribution in [1.29, 1.82) is 0 Å². The third-order valence-electron chi connectivity index (χ3n) is 4.53. The summed E-state index contributed by atoms with van der Waals surface area (Å²) in [6.45, 7) is 5.01. The number of carbonyl (C=O) groups excluding carboxylic acids is 1. The molecule has 0 unspecified atom stereocenters. The van der Waals surface area contributed by atoms with Crippen molar-refractivity contribution in [2.75, 3.05) is 33.7 Å². The fraction of sp³-hybridized carbons (Fsp3) is 0.579. The first-order chi connectivity index (χ1) is 11.6. The highest BCUT2D eigenvalue weighted by Crippen LogP contribution is 2.09. The van der Waals surface area contributed by atoms with Gasteiger partial charge in [-0.3, -0.25) is 9.79 Å². The van der Waals surface area contributed by atoms with Crippen LogP contribution in [0.1, 0.15) is 37.3 Å². The molecule has 1 saturated heterocycles. The Labute approximate surface area is 145 Å². The number of aliphatic imine (C=N–C) groups is 1. The topological polar surface area (TPSA) is 47.9 Å². The van der Waals surface area contributed by atoms with Gasteiger partial charge in [0.25, 0.3) is 0 Å². The normalized spacial score (nSPS) is 15.3. The van der Waals surface area contributed by atoms with Crippen LogP contribution < -0.4 is 5.32 Å². The Morgan fingerprint density at radius 3 is 2.38 bits per heavy atom. The molecule has 1 aliphatic heterocycles. The van der Waals surface area contributed by atoms with Crippen LogP contribution in [-0.2, 0) is 17.8 Å². The van der Waals surface area contributed by atoms with E-state index in [0.717, 1.165) is 44.9 Å². The van der Waals surface area contributed by atoms with Crippen LogP contribution in [0.2, 0.25) is 0 Å². The molecule has 0 spiro atoms. The molecule has 1 N–H and O–H groups in total. The van der Waals surface area contributed by atoms with Crippen LogP contribution in [0.4, 0.5) is 0 Å². The van der Waals surface area contributed by atoms with E-state index in [4.69, 9.17) is 0 Å². The lowest BCUT2D eigenvalue weighted by Gasteiger charge is -2.28. The summed E-state index contributed by atoms with van der Waals surface area (Å²) in [7, 11) is 3.75. The molecule has 0 radical (unpaired) electrons. The number of hydrogen-bond acceptors (Lipinski definition) is 2. The summed E-state index contributed by atoms with van der Waals surface area (Å²) in [4.78, 5) is 20.6. The predicted octanol–water partition coefficient (Wildman–Crippen LogP) is 2.27. The molecule has 1 aromatic carbocycles. The molecule has 5 heteroatoms. The molecule has 1 fully saturated rings. The van der Waals surface area contributed by atoms with Gasteiger partial charge >= 0.3 is 0 Å². The Balaban J connectivity index is 1.84. The van der Waals surface area contributed by atoms with E-state index in [-0.39, 0.29) is 5.91 Å². The highest BCUT2D eigenvalue weighted by Gasteiger charge is 2.17. The number of benzene rings is 1. The molecule has 132 valence electrons. The second kappa shape index (κ2) is 9.30. The van der Waals surface area contributed by atoms with E-state index in [1.807, 2.05) is 16.8 Å². The van der Waals surface area contributed by atoms with E-state index in [9.17, 15) is 4.79 Å². The van der Waals surface area contributed by atoms with Crippen LogP contribution in [-0.4, -0.2) is 55.4 Å². The summed E-state index contributed by atoms with van der Waals surface area (Å²) in [5.41, 5.74) is 2.58. The largest absolute Gasteiger partial charge is 0.347 e. The van der Waals surface area contributed by atoms with Gasteiger partial charge in [-0.15, -0.1) is 0 Å². The van der Waals surface area contributed by atoms with Gasteiger partial charge in [-0.05, 0) is 36.8 Å². The number of nitrogens with zero attached hydrogens (tertiary/aromatic N) is 3. The fourth-order valence-corrected chi connectivity index (χ4v) is 3.02. The molecule has 1 aromatic rings. The maximum absolute atomic E-state index is 12.3. The zero-order valence-electron chi connectivity index (χ0n) is 15.2. The summed E-state index contributed by atoms with van der Waals surface area (Å²) in [5, 5.41) is 3.19. The molecule has 0 saturated carbocycles. The van der Waals surface area contributed by atoms with Crippen molar-refractivity contribution in [3.8, 4) is 0 Å². The Morgan fingerprint density at radius 1 is 1.17 bits per heavy atom. The first-order valence-electron chi connectivity index (χ1n) is 8.91. The van der Waals surface area contributed by atoms with Gasteiger partial charge in [0, 0.05) is 33.7 Å². The molecule has 1 aliphatic rings. The molecule has 1 amide bonds. The quantitative estimate of drug-likeness (QED) is 0.665. The molecule has 1 heterocycles. The van der Waals surface area contributed by atoms with Crippen LogP contribution in [0.15, 0.2) is 29.3 Å². The molecular weight excluding hydrogens is 300 g/mol. The lowest BCUT2D eigenvalue weighted by molar-refractivity contribution is -0.130. The van der Waals surface area contributed by atoms with Crippen molar-refractivity contribution in [3.63, 3.8) is 0 Å². The van der Waals surface area contributed by atoms with Crippen LogP contribution in [0.5, 0.6) is 0 Å². The number of carbonyl (C=O) groups is 1. The number of rotatable bonds is 5. The van der Waals surface area contributed by atoms with Crippen molar-refractivity contribution in [2.45, 2.75) is 39.2 Å². The van der Waals surface area contributed by atoms with Crippen LogP contribution in [0.25, 0.3) is 0 Å². The lowest BCUT2D eigenvalue weighted by Crippen LogP contribution is -2.46. The Morgan fingerprint density at radius 2 is 1.79 bits per heavy atom. The number of nitrogens with one attached hydrogen (secondary N) is 1. The average molecular weight is 330 g/mol. The van der Waals surface area contributed by atoms with E-state index in [1.165, 1.54) is 17.5 Å². The Hall–Kier alpha value is -2.04. The monoisotopic (exact) mass is 330 g/mol. The minimum Gasteiger partial charge on any atom is -0.347 e. The highest BCUT2D eigenvalue weighted by molar-refractivity contribution is 5.86. The summed E-state index contributed by atoms with van der Waals surface area (Å²) in [6.07, 6.45) is 4.53. The van der Waals surface area contributed by atoms with Gasteiger partial charge in [0.15, 0.2) is 5.96 Å².